The van der Waals surface area contributed by atoms with Crippen LogP contribution in [0.3, 0.4) is 0 Å². The Morgan fingerprint density at radius 1 is 0.921 bits per heavy atom. The van der Waals surface area contributed by atoms with Gasteiger partial charge in [0.1, 0.15) is 17.7 Å². The molecular formula is C26H22F6N4O2. The number of anilines is 1. The highest BCUT2D eigenvalue weighted by atomic mass is 19.3. The molecule has 2 aliphatic rings. The van der Waals surface area contributed by atoms with E-state index in [9.17, 15) is 31.1 Å². The number of carbonyl (C=O) groups is 1. The summed E-state index contributed by atoms with van der Waals surface area (Å²) in [5.74, 6) is -8.21. The molecule has 3 aromatic rings. The van der Waals surface area contributed by atoms with E-state index in [0.717, 1.165) is 30.6 Å². The Labute approximate surface area is 213 Å². The van der Waals surface area contributed by atoms with Gasteiger partial charge in [0.15, 0.2) is 0 Å². The van der Waals surface area contributed by atoms with Gasteiger partial charge in [-0.25, -0.2) is 36.3 Å². The Kier molecular flexibility index (Phi) is 6.74. The van der Waals surface area contributed by atoms with Gasteiger partial charge in [0.2, 0.25) is 5.92 Å². The van der Waals surface area contributed by atoms with Crippen LogP contribution in [-0.2, 0) is 0 Å². The van der Waals surface area contributed by atoms with Gasteiger partial charge in [0.05, 0.1) is 16.9 Å². The van der Waals surface area contributed by atoms with Gasteiger partial charge in [0, 0.05) is 61.3 Å². The quantitative estimate of drug-likeness (QED) is 0.362. The van der Waals surface area contributed by atoms with Crippen molar-refractivity contribution in [2.24, 2.45) is 0 Å². The van der Waals surface area contributed by atoms with Crippen molar-refractivity contribution in [3.8, 4) is 17.1 Å². The van der Waals surface area contributed by atoms with Crippen molar-refractivity contribution in [3.63, 3.8) is 0 Å². The van der Waals surface area contributed by atoms with E-state index in [4.69, 9.17) is 4.74 Å². The van der Waals surface area contributed by atoms with Crippen LogP contribution in [0.5, 0.6) is 6.01 Å². The van der Waals surface area contributed by atoms with Crippen LogP contribution in [0.2, 0.25) is 0 Å². The molecule has 2 heterocycles. The molecule has 200 valence electrons. The summed E-state index contributed by atoms with van der Waals surface area (Å²) in [7, 11) is 0. The summed E-state index contributed by atoms with van der Waals surface area (Å²) >= 11 is 0. The van der Waals surface area contributed by atoms with Gasteiger partial charge in [-0.05, 0) is 37.1 Å². The molecule has 0 unspecified atom stereocenters. The van der Waals surface area contributed by atoms with Crippen molar-refractivity contribution >= 4 is 11.6 Å². The van der Waals surface area contributed by atoms with Crippen LogP contribution in [-0.4, -0.2) is 38.8 Å². The largest absolute Gasteiger partial charge is 0.460 e. The second kappa shape index (κ2) is 9.88. The minimum atomic E-state index is -2.80. The molecule has 0 spiro atoms. The lowest BCUT2D eigenvalue weighted by Gasteiger charge is -2.33. The first-order valence-corrected chi connectivity index (χ1v) is 12.0. The van der Waals surface area contributed by atoms with Crippen molar-refractivity contribution in [2.45, 2.75) is 62.4 Å². The Morgan fingerprint density at radius 3 is 2.26 bits per heavy atom. The zero-order valence-corrected chi connectivity index (χ0v) is 19.9. The summed E-state index contributed by atoms with van der Waals surface area (Å²) in [4.78, 5) is 25.2. The van der Waals surface area contributed by atoms with E-state index in [1.165, 1.54) is 12.3 Å². The first-order valence-electron chi connectivity index (χ1n) is 12.0. The Bertz CT molecular complexity index is 1330. The highest BCUT2D eigenvalue weighted by Gasteiger charge is 2.47. The topological polar surface area (TPSA) is 77.0 Å². The number of nitrogens with zero attached hydrogens (tertiary/aromatic N) is 3. The molecule has 2 aliphatic carbocycles. The second-order valence-electron chi connectivity index (χ2n) is 9.59. The molecule has 0 saturated heterocycles. The van der Waals surface area contributed by atoms with Gasteiger partial charge >= 0.3 is 6.01 Å². The molecule has 0 aliphatic heterocycles. The van der Waals surface area contributed by atoms with E-state index in [1.807, 2.05) is 0 Å². The van der Waals surface area contributed by atoms with Gasteiger partial charge in [-0.3, -0.25) is 9.78 Å². The average Bonchev–Trinajstić information content (AvgIpc) is 2.85. The number of ether oxygens (including phenoxy) is 1. The molecule has 2 fully saturated rings. The zero-order valence-electron chi connectivity index (χ0n) is 19.9. The third-order valence-corrected chi connectivity index (χ3v) is 6.76. The standard InChI is InChI=1S/C26H22F6N4O2/c27-16-1-2-20(28)19(9-16)18-5-8-33-21(14-3-6-25(29,30)7-4-14)22(18)36-23(37)15-12-34-24(35-13-15)38-17-10-26(31,32)11-17/h1-2,5,8-9,12-14,17H,3-4,6-7,10-11H2,(H,36,37). The van der Waals surface area contributed by atoms with Crippen molar-refractivity contribution in [2.75, 3.05) is 5.32 Å². The number of hydrogen-bond acceptors (Lipinski definition) is 5. The second-order valence-corrected chi connectivity index (χ2v) is 9.59. The fourth-order valence-corrected chi connectivity index (χ4v) is 4.68. The minimum Gasteiger partial charge on any atom is -0.460 e. The zero-order chi connectivity index (χ0) is 27.1. The molecule has 0 radical (unpaired) electrons. The number of alkyl halides is 4. The monoisotopic (exact) mass is 536 g/mol. The van der Waals surface area contributed by atoms with Crippen LogP contribution in [0.1, 0.15) is 60.5 Å². The van der Waals surface area contributed by atoms with Gasteiger partial charge < -0.3 is 10.1 Å². The van der Waals surface area contributed by atoms with Crippen LogP contribution in [0.4, 0.5) is 32.0 Å². The highest BCUT2D eigenvalue weighted by molar-refractivity contribution is 6.06. The lowest BCUT2D eigenvalue weighted by Crippen LogP contribution is -2.43. The van der Waals surface area contributed by atoms with Gasteiger partial charge in [-0.1, -0.05) is 0 Å². The third-order valence-electron chi connectivity index (χ3n) is 6.76. The van der Waals surface area contributed by atoms with Crippen LogP contribution in [0, 0.1) is 11.6 Å². The molecule has 1 aromatic carbocycles. The molecule has 12 heteroatoms. The maximum Gasteiger partial charge on any atom is 0.316 e. The number of halogens is 6. The van der Waals surface area contributed by atoms with Crippen LogP contribution >= 0.6 is 0 Å². The summed E-state index contributed by atoms with van der Waals surface area (Å²) in [5, 5.41) is 2.65. The van der Waals surface area contributed by atoms with E-state index >= 15 is 0 Å². The average molecular weight is 536 g/mol. The van der Waals surface area contributed by atoms with Gasteiger partial charge in [-0.15, -0.1) is 0 Å². The van der Waals surface area contributed by atoms with Crippen LogP contribution in [0.15, 0.2) is 42.9 Å². The van der Waals surface area contributed by atoms with E-state index in [-0.39, 0.29) is 59.8 Å². The number of aromatic nitrogens is 3. The van der Waals surface area contributed by atoms with Crippen LogP contribution < -0.4 is 10.1 Å². The number of nitrogens with one attached hydrogen (secondary N) is 1. The maximum atomic E-state index is 14.7. The number of amides is 1. The Hall–Kier alpha value is -3.70. The Balaban J connectivity index is 1.43. The first-order chi connectivity index (χ1) is 18.0. The molecule has 5 rings (SSSR count). The van der Waals surface area contributed by atoms with Crippen molar-refractivity contribution in [1.82, 2.24) is 15.0 Å². The van der Waals surface area contributed by atoms with E-state index < -0.39 is 54.3 Å². The predicted octanol–water partition coefficient (Wildman–Crippen LogP) is 6.54. The van der Waals surface area contributed by atoms with Crippen molar-refractivity contribution in [3.05, 3.63) is 65.7 Å². The number of hydrogen-bond donors (Lipinski definition) is 1. The lowest BCUT2D eigenvalue weighted by molar-refractivity contribution is -0.136. The summed E-state index contributed by atoms with van der Waals surface area (Å²) < 4.78 is 87.6. The molecule has 38 heavy (non-hydrogen) atoms. The number of pyridine rings is 1. The SMILES string of the molecule is O=C(Nc1c(-c2cc(F)ccc2F)ccnc1C1CCC(F)(F)CC1)c1cnc(OC2CC(F)(F)C2)nc1. The number of carbonyl (C=O) groups excluding carboxylic acids is 1. The fraction of sp³-hybridized carbons (Fsp3) is 0.385. The third kappa shape index (κ3) is 5.58. The molecule has 6 nitrogen and oxygen atoms in total. The maximum absolute atomic E-state index is 14.7. The fourth-order valence-electron chi connectivity index (χ4n) is 4.68. The molecule has 1 amide bonds. The molecule has 2 saturated carbocycles. The van der Waals surface area contributed by atoms with E-state index in [2.05, 4.69) is 20.3 Å². The summed E-state index contributed by atoms with van der Waals surface area (Å²) in [6.07, 6.45) is 1.44. The number of rotatable bonds is 6. The predicted molar refractivity (Wildman–Crippen MR) is 124 cm³/mol. The Morgan fingerprint density at radius 2 is 1.61 bits per heavy atom. The minimum absolute atomic E-state index is 0.0352. The summed E-state index contributed by atoms with van der Waals surface area (Å²) in [5.41, 5.74) is 0.301. The van der Waals surface area contributed by atoms with Crippen molar-refractivity contribution < 1.29 is 35.9 Å². The molecule has 0 atom stereocenters. The normalized spacial score (nSPS) is 19.0. The lowest BCUT2D eigenvalue weighted by atomic mass is 9.83. The highest BCUT2D eigenvalue weighted by Crippen LogP contribution is 2.44. The molecule has 1 N–H and O–H groups in total. The van der Waals surface area contributed by atoms with Crippen LogP contribution in [0.25, 0.3) is 11.1 Å². The molecule has 2 aromatic heterocycles. The smallest absolute Gasteiger partial charge is 0.316 e. The summed E-state index contributed by atoms with van der Waals surface area (Å²) in [6.45, 7) is 0. The van der Waals surface area contributed by atoms with Gasteiger partial charge in [0.25, 0.3) is 11.8 Å². The molecule has 0 bridgehead atoms. The molecular weight excluding hydrogens is 514 g/mol. The van der Waals surface area contributed by atoms with E-state index in [0.29, 0.717) is 0 Å². The first kappa shape index (κ1) is 25.9. The number of benzene rings is 1. The van der Waals surface area contributed by atoms with E-state index in [1.54, 1.807) is 0 Å². The van der Waals surface area contributed by atoms with Crippen molar-refractivity contribution in [1.29, 1.82) is 0 Å². The summed E-state index contributed by atoms with van der Waals surface area (Å²) in [6, 6.07) is 4.10. The van der Waals surface area contributed by atoms with Gasteiger partial charge in [-0.2, -0.15) is 0 Å².